The first-order valence-electron chi connectivity index (χ1n) is 11.6. The molecule has 0 aromatic heterocycles. The number of carboxylic acid groups (broad SMARTS) is 1. The van der Waals surface area contributed by atoms with Crippen LogP contribution in [0.4, 0.5) is 4.79 Å². The summed E-state index contributed by atoms with van der Waals surface area (Å²) in [5.74, 6) is -2.65. The minimum atomic E-state index is -0.977. The van der Waals surface area contributed by atoms with Crippen molar-refractivity contribution in [2.45, 2.75) is 26.2 Å². The Morgan fingerprint density at radius 1 is 0.857 bits per heavy atom. The number of rotatable bonds is 11. The number of amides is 3. The fraction of sp³-hybridized carbons (Fsp3) is 0.385. The zero-order chi connectivity index (χ0) is 25.4. The molecule has 1 unspecified atom stereocenters. The predicted molar refractivity (Wildman–Crippen MR) is 130 cm³/mol. The average molecular weight is 482 g/mol. The number of alkyl carbamates (subject to hydrolysis) is 1. The van der Waals surface area contributed by atoms with Crippen molar-refractivity contribution in [2.75, 3.05) is 26.2 Å². The van der Waals surface area contributed by atoms with Crippen LogP contribution >= 0.6 is 0 Å². The van der Waals surface area contributed by atoms with E-state index in [1.54, 1.807) is 0 Å². The van der Waals surface area contributed by atoms with E-state index in [0.717, 1.165) is 22.3 Å². The molecule has 0 saturated carbocycles. The van der Waals surface area contributed by atoms with E-state index in [2.05, 4.69) is 16.0 Å². The molecule has 0 heterocycles. The molecule has 0 bridgehead atoms. The standard InChI is InChI=1S/C26H31N3O6/c1-16(2)11-17(25(32)33)12-27-23(30)13-28-24(31)14-29-26(34)35-15-22-20-9-5-3-7-18(20)19-8-4-6-10-21(19)22/h3-10,16-17,22H,11-15H2,1-2H3,(H,27,30)(H,28,31)(H,29,34)(H,32,33). The third kappa shape index (κ3) is 7.05. The van der Waals surface area contributed by atoms with Crippen molar-refractivity contribution in [3.05, 3.63) is 59.7 Å². The summed E-state index contributed by atoms with van der Waals surface area (Å²) in [6, 6.07) is 16.0. The first kappa shape index (κ1) is 25.7. The summed E-state index contributed by atoms with van der Waals surface area (Å²) in [4.78, 5) is 47.3. The van der Waals surface area contributed by atoms with Crippen molar-refractivity contribution in [3.8, 4) is 11.1 Å². The van der Waals surface area contributed by atoms with E-state index in [4.69, 9.17) is 4.74 Å². The minimum Gasteiger partial charge on any atom is -0.481 e. The lowest BCUT2D eigenvalue weighted by molar-refractivity contribution is -0.142. The highest BCUT2D eigenvalue weighted by atomic mass is 16.5. The molecule has 0 radical (unpaired) electrons. The third-order valence-corrected chi connectivity index (χ3v) is 5.83. The first-order valence-corrected chi connectivity index (χ1v) is 11.6. The number of aliphatic carboxylic acids is 1. The predicted octanol–water partition coefficient (Wildman–Crippen LogP) is 2.50. The molecule has 0 fully saturated rings. The average Bonchev–Trinajstić information content (AvgIpc) is 3.16. The molecular weight excluding hydrogens is 450 g/mol. The smallest absolute Gasteiger partial charge is 0.407 e. The summed E-state index contributed by atoms with van der Waals surface area (Å²) in [5, 5.41) is 16.5. The number of hydrogen-bond donors (Lipinski definition) is 4. The molecule has 1 aliphatic carbocycles. The molecule has 186 valence electrons. The third-order valence-electron chi connectivity index (χ3n) is 5.83. The maximum absolute atomic E-state index is 12.1. The SMILES string of the molecule is CC(C)CC(CNC(=O)CNC(=O)CNC(=O)OCC1c2ccccc2-c2ccccc21)C(=O)O. The van der Waals surface area contributed by atoms with Crippen LogP contribution in [0.2, 0.25) is 0 Å². The zero-order valence-electron chi connectivity index (χ0n) is 19.9. The molecule has 1 atom stereocenters. The number of ether oxygens (including phenoxy) is 1. The van der Waals surface area contributed by atoms with Crippen molar-refractivity contribution >= 4 is 23.9 Å². The van der Waals surface area contributed by atoms with Gasteiger partial charge in [-0.15, -0.1) is 0 Å². The lowest BCUT2D eigenvalue weighted by Gasteiger charge is -2.16. The Kier molecular flexibility index (Phi) is 8.83. The topological polar surface area (TPSA) is 134 Å². The molecule has 4 N–H and O–H groups in total. The molecule has 0 aliphatic heterocycles. The van der Waals surface area contributed by atoms with Gasteiger partial charge in [0.2, 0.25) is 11.8 Å². The molecule has 3 amide bonds. The van der Waals surface area contributed by atoms with Gasteiger partial charge in [-0.3, -0.25) is 14.4 Å². The Morgan fingerprint density at radius 3 is 1.97 bits per heavy atom. The van der Waals surface area contributed by atoms with Gasteiger partial charge in [0.1, 0.15) is 13.2 Å². The van der Waals surface area contributed by atoms with E-state index >= 15 is 0 Å². The largest absolute Gasteiger partial charge is 0.481 e. The normalized spacial score (nSPS) is 12.9. The van der Waals surface area contributed by atoms with Crippen molar-refractivity contribution in [1.82, 2.24) is 16.0 Å². The van der Waals surface area contributed by atoms with Gasteiger partial charge in [-0.1, -0.05) is 62.4 Å². The Morgan fingerprint density at radius 2 is 1.40 bits per heavy atom. The molecule has 1 aliphatic rings. The quantitative estimate of drug-likeness (QED) is 0.390. The monoisotopic (exact) mass is 481 g/mol. The van der Waals surface area contributed by atoms with Gasteiger partial charge in [0.15, 0.2) is 0 Å². The zero-order valence-corrected chi connectivity index (χ0v) is 19.9. The van der Waals surface area contributed by atoms with Crippen LogP contribution in [0.3, 0.4) is 0 Å². The number of carboxylic acids is 1. The van der Waals surface area contributed by atoms with Gasteiger partial charge in [0.25, 0.3) is 0 Å². The Balaban J connectivity index is 1.38. The van der Waals surface area contributed by atoms with Crippen molar-refractivity contribution in [2.24, 2.45) is 11.8 Å². The van der Waals surface area contributed by atoms with Gasteiger partial charge < -0.3 is 25.8 Å². The second kappa shape index (κ2) is 12.0. The highest BCUT2D eigenvalue weighted by Crippen LogP contribution is 2.44. The number of carbonyl (C=O) groups is 4. The Hall–Kier alpha value is -3.88. The fourth-order valence-electron chi connectivity index (χ4n) is 4.18. The van der Waals surface area contributed by atoms with Crippen LogP contribution in [-0.4, -0.2) is 55.2 Å². The Bertz CT molecular complexity index is 1040. The first-order chi connectivity index (χ1) is 16.8. The van der Waals surface area contributed by atoms with Crippen LogP contribution < -0.4 is 16.0 Å². The van der Waals surface area contributed by atoms with Crippen LogP contribution in [-0.2, 0) is 19.1 Å². The van der Waals surface area contributed by atoms with Crippen LogP contribution in [0.1, 0.15) is 37.3 Å². The van der Waals surface area contributed by atoms with E-state index in [-0.39, 0.29) is 38.1 Å². The van der Waals surface area contributed by atoms with Gasteiger partial charge in [0.05, 0.1) is 12.5 Å². The van der Waals surface area contributed by atoms with E-state index in [0.29, 0.717) is 6.42 Å². The summed E-state index contributed by atoms with van der Waals surface area (Å²) in [7, 11) is 0. The molecule has 2 aromatic carbocycles. The van der Waals surface area contributed by atoms with Gasteiger partial charge in [0, 0.05) is 12.5 Å². The number of carbonyl (C=O) groups excluding carboxylic acids is 3. The molecule has 3 rings (SSSR count). The van der Waals surface area contributed by atoms with Gasteiger partial charge in [-0.05, 0) is 34.6 Å². The van der Waals surface area contributed by atoms with Crippen molar-refractivity contribution < 1.29 is 29.0 Å². The van der Waals surface area contributed by atoms with Crippen LogP contribution in [0, 0.1) is 11.8 Å². The maximum atomic E-state index is 12.1. The number of hydrogen-bond acceptors (Lipinski definition) is 5. The van der Waals surface area contributed by atoms with Crippen molar-refractivity contribution in [1.29, 1.82) is 0 Å². The maximum Gasteiger partial charge on any atom is 0.407 e. The van der Waals surface area contributed by atoms with E-state index in [1.807, 2.05) is 62.4 Å². The van der Waals surface area contributed by atoms with E-state index in [1.165, 1.54) is 0 Å². The molecule has 0 saturated heterocycles. The number of nitrogens with one attached hydrogen (secondary N) is 3. The highest BCUT2D eigenvalue weighted by Gasteiger charge is 2.29. The summed E-state index contributed by atoms with van der Waals surface area (Å²) >= 11 is 0. The molecule has 2 aromatic rings. The second-order valence-corrected chi connectivity index (χ2v) is 8.92. The highest BCUT2D eigenvalue weighted by molar-refractivity contribution is 5.87. The summed E-state index contributed by atoms with van der Waals surface area (Å²) < 4.78 is 5.37. The molecule has 9 nitrogen and oxygen atoms in total. The minimum absolute atomic E-state index is 0.0137. The molecule has 35 heavy (non-hydrogen) atoms. The molecule has 9 heteroatoms. The van der Waals surface area contributed by atoms with Crippen molar-refractivity contribution in [3.63, 3.8) is 0 Å². The van der Waals surface area contributed by atoms with Gasteiger partial charge >= 0.3 is 12.1 Å². The number of benzene rings is 2. The molecular formula is C26H31N3O6. The van der Waals surface area contributed by atoms with E-state index in [9.17, 15) is 24.3 Å². The summed E-state index contributed by atoms with van der Waals surface area (Å²) in [6.45, 7) is 3.25. The fourth-order valence-corrected chi connectivity index (χ4v) is 4.18. The second-order valence-electron chi connectivity index (χ2n) is 8.92. The van der Waals surface area contributed by atoms with Gasteiger partial charge in [-0.25, -0.2) is 4.79 Å². The lowest BCUT2D eigenvalue weighted by atomic mass is 9.97. The van der Waals surface area contributed by atoms with Crippen LogP contribution in [0.25, 0.3) is 11.1 Å². The lowest BCUT2D eigenvalue weighted by Crippen LogP contribution is -2.43. The summed E-state index contributed by atoms with van der Waals surface area (Å²) in [6.07, 6.45) is -0.295. The number of fused-ring (bicyclic) bond motifs is 3. The van der Waals surface area contributed by atoms with E-state index < -0.39 is 29.8 Å². The van der Waals surface area contributed by atoms with Gasteiger partial charge in [-0.2, -0.15) is 0 Å². The Labute approximate surface area is 204 Å². The molecule has 0 spiro atoms. The van der Waals surface area contributed by atoms with Crippen LogP contribution in [0.15, 0.2) is 48.5 Å². The van der Waals surface area contributed by atoms with Crippen LogP contribution in [0.5, 0.6) is 0 Å². The summed E-state index contributed by atoms with van der Waals surface area (Å²) in [5.41, 5.74) is 4.41.